The number of nitrogens with zero attached hydrogens (tertiary/aromatic N) is 4. The van der Waals surface area contributed by atoms with Gasteiger partial charge in [-0.25, -0.2) is 27.2 Å². The molecule has 5 rings (SSSR count). The summed E-state index contributed by atoms with van der Waals surface area (Å²) in [5.74, 6) is -1.50. The third kappa shape index (κ3) is 4.92. The number of benzene rings is 1. The highest BCUT2D eigenvalue weighted by atomic mass is 32.2. The van der Waals surface area contributed by atoms with Crippen LogP contribution in [0, 0.1) is 11.7 Å². The first kappa shape index (κ1) is 26.3. The van der Waals surface area contributed by atoms with Crippen LogP contribution in [0.4, 0.5) is 22.0 Å². The molecule has 2 aromatic heterocycles. The molecule has 7 nitrogen and oxygen atoms in total. The number of halogens is 5. The molecule has 0 spiro atoms. The molecule has 3 heterocycles. The zero-order valence-corrected chi connectivity index (χ0v) is 20.5. The van der Waals surface area contributed by atoms with E-state index in [2.05, 4.69) is 15.0 Å². The number of sulfonamides is 1. The molecule has 1 unspecified atom stereocenters. The van der Waals surface area contributed by atoms with Gasteiger partial charge < -0.3 is 0 Å². The first-order valence-electron chi connectivity index (χ1n) is 11.8. The van der Waals surface area contributed by atoms with Crippen molar-refractivity contribution in [1.82, 2.24) is 19.3 Å². The third-order valence-electron chi connectivity index (χ3n) is 6.96. The molecule has 1 aliphatic heterocycles. The van der Waals surface area contributed by atoms with E-state index in [1.165, 1.54) is 18.5 Å². The van der Waals surface area contributed by atoms with E-state index in [-0.39, 0.29) is 30.6 Å². The maximum Gasteiger partial charge on any atom is 0.433 e. The van der Waals surface area contributed by atoms with Crippen molar-refractivity contribution in [3.63, 3.8) is 0 Å². The molecule has 1 aromatic carbocycles. The number of carbonyl (C=O) groups is 1. The molecular formula is C25H21F5N4O3S. The Balaban J connectivity index is 1.33. The molecule has 200 valence electrons. The lowest BCUT2D eigenvalue weighted by atomic mass is 9.93. The maximum atomic E-state index is 14.6. The fourth-order valence-corrected chi connectivity index (χ4v) is 7.09. The Bertz CT molecular complexity index is 1450. The summed E-state index contributed by atoms with van der Waals surface area (Å²) in [6, 6.07) is 5.71. The smallest absolute Gasteiger partial charge is 0.298 e. The predicted molar refractivity (Wildman–Crippen MR) is 124 cm³/mol. The maximum absolute atomic E-state index is 14.6. The summed E-state index contributed by atoms with van der Waals surface area (Å²) in [5.41, 5.74) is 0.0152. The molecule has 13 heteroatoms. The number of alkyl halides is 4. The van der Waals surface area contributed by atoms with E-state index >= 15 is 0 Å². The summed E-state index contributed by atoms with van der Waals surface area (Å²) in [6.45, 7) is 0. The number of Topliss-reactive ketones (excluding diaryl/α,β-unsaturated/α-hetero) is 1. The van der Waals surface area contributed by atoms with E-state index in [1.54, 1.807) is 0 Å². The minimum Gasteiger partial charge on any atom is -0.298 e. The molecule has 3 aromatic rings. The van der Waals surface area contributed by atoms with Crippen LogP contribution in [0.1, 0.15) is 30.7 Å². The number of fused-ring (bicyclic) bond motifs is 2. The highest BCUT2D eigenvalue weighted by Gasteiger charge is 2.58. The highest BCUT2D eigenvalue weighted by molar-refractivity contribution is 7.89. The van der Waals surface area contributed by atoms with Crippen molar-refractivity contribution >= 4 is 15.8 Å². The van der Waals surface area contributed by atoms with Crippen LogP contribution in [-0.4, -0.2) is 51.7 Å². The van der Waals surface area contributed by atoms with E-state index in [1.807, 2.05) is 0 Å². The van der Waals surface area contributed by atoms with Gasteiger partial charge in [0.05, 0.1) is 22.7 Å². The van der Waals surface area contributed by atoms with Crippen molar-refractivity contribution in [1.29, 1.82) is 0 Å². The number of ketones is 1. The van der Waals surface area contributed by atoms with Crippen LogP contribution < -0.4 is 0 Å². The fourth-order valence-electron chi connectivity index (χ4n) is 5.20. The van der Waals surface area contributed by atoms with E-state index in [0.717, 1.165) is 40.8 Å². The number of pyridine rings is 1. The van der Waals surface area contributed by atoms with E-state index in [0.29, 0.717) is 17.0 Å². The molecule has 0 amide bonds. The van der Waals surface area contributed by atoms with Crippen molar-refractivity contribution < 1.29 is 35.2 Å². The molecule has 0 N–H and O–H groups in total. The lowest BCUT2D eigenvalue weighted by Gasteiger charge is -2.35. The molecule has 1 saturated carbocycles. The lowest BCUT2D eigenvalue weighted by molar-refractivity contribution is -0.141. The van der Waals surface area contributed by atoms with Gasteiger partial charge in [0, 0.05) is 23.9 Å². The third-order valence-corrected chi connectivity index (χ3v) is 8.88. The van der Waals surface area contributed by atoms with Crippen LogP contribution in [0.25, 0.3) is 11.3 Å². The Morgan fingerprint density at radius 1 is 1.03 bits per heavy atom. The normalized spacial score (nSPS) is 23.6. The minimum atomic E-state index is -4.57. The van der Waals surface area contributed by atoms with Crippen LogP contribution in [0.2, 0.25) is 0 Å². The Hall–Kier alpha value is -3.32. The van der Waals surface area contributed by atoms with Gasteiger partial charge in [-0.1, -0.05) is 0 Å². The zero-order valence-electron chi connectivity index (χ0n) is 19.6. The van der Waals surface area contributed by atoms with Crippen molar-refractivity contribution in [2.24, 2.45) is 5.92 Å². The van der Waals surface area contributed by atoms with Crippen molar-refractivity contribution in [2.45, 2.75) is 55.0 Å². The Morgan fingerprint density at radius 3 is 2.42 bits per heavy atom. The molecule has 2 fully saturated rings. The summed E-state index contributed by atoms with van der Waals surface area (Å²) in [7, 11) is -4.26. The Labute approximate surface area is 214 Å². The van der Waals surface area contributed by atoms with Gasteiger partial charge in [0.1, 0.15) is 24.0 Å². The summed E-state index contributed by atoms with van der Waals surface area (Å²) in [6.07, 6.45) is -3.41. The second-order valence-electron chi connectivity index (χ2n) is 9.34. The SMILES string of the molecule is O=C(CCc1cc(-c2ccc(C(F)(F)F)nc2)ncn1)[C@@H]1[C@H]2CC(F)[C@H](C2)N1S(=O)(=O)c1ccc(F)cc1. The van der Waals surface area contributed by atoms with Crippen LogP contribution >= 0.6 is 0 Å². The molecule has 2 aliphatic rings. The number of piperidine rings is 1. The number of hydrogen-bond donors (Lipinski definition) is 0. The number of carbonyl (C=O) groups excluding carboxylic acids is 1. The van der Waals surface area contributed by atoms with Crippen LogP contribution in [0.3, 0.4) is 0 Å². The molecule has 1 saturated heterocycles. The summed E-state index contributed by atoms with van der Waals surface area (Å²) in [5, 5.41) is 0. The molecule has 0 radical (unpaired) electrons. The Morgan fingerprint density at radius 2 is 1.76 bits per heavy atom. The van der Waals surface area contributed by atoms with Gasteiger partial charge in [-0.15, -0.1) is 0 Å². The van der Waals surface area contributed by atoms with Gasteiger partial charge in [-0.3, -0.25) is 9.78 Å². The molecule has 1 aliphatic carbocycles. The quantitative estimate of drug-likeness (QED) is 0.404. The first-order valence-corrected chi connectivity index (χ1v) is 13.2. The topological polar surface area (TPSA) is 93.1 Å². The summed E-state index contributed by atoms with van der Waals surface area (Å²) >= 11 is 0. The number of aromatic nitrogens is 3. The minimum absolute atomic E-state index is 0.0785. The van der Waals surface area contributed by atoms with Crippen LogP contribution in [0.5, 0.6) is 0 Å². The average molecular weight is 553 g/mol. The average Bonchev–Trinajstić information content (AvgIpc) is 3.45. The monoisotopic (exact) mass is 552 g/mol. The zero-order chi connectivity index (χ0) is 27.2. The molecule has 4 atom stereocenters. The standard InChI is InChI=1S/C25H21F5N4O3S/c26-16-2-5-18(6-3-16)38(36,37)34-21-10-15(9-19(21)27)24(34)22(35)7-4-17-11-20(33-13-32-17)14-1-8-23(31-12-14)25(28,29)30/h1-3,5-6,8,11-13,15,19,21,24H,4,7,9-10H2/t15-,19?,21-,24-/m0/s1. The van der Waals surface area contributed by atoms with Crippen molar-refractivity contribution in [3.8, 4) is 11.3 Å². The van der Waals surface area contributed by atoms with E-state index < -0.39 is 57.7 Å². The molecule has 2 bridgehead atoms. The van der Waals surface area contributed by atoms with Gasteiger partial charge in [-0.2, -0.15) is 17.5 Å². The predicted octanol–water partition coefficient (Wildman–Crippen LogP) is 4.39. The number of aryl methyl sites for hydroxylation is 1. The second kappa shape index (κ2) is 9.77. The largest absolute Gasteiger partial charge is 0.433 e. The van der Waals surface area contributed by atoms with Crippen molar-refractivity contribution in [2.75, 3.05) is 0 Å². The number of rotatable bonds is 7. The van der Waals surface area contributed by atoms with Gasteiger partial charge in [-0.05, 0) is 67.6 Å². The van der Waals surface area contributed by atoms with Gasteiger partial charge in [0.25, 0.3) is 0 Å². The van der Waals surface area contributed by atoms with Gasteiger partial charge in [0.2, 0.25) is 10.0 Å². The van der Waals surface area contributed by atoms with Gasteiger partial charge >= 0.3 is 6.18 Å². The van der Waals surface area contributed by atoms with Crippen LogP contribution in [-0.2, 0) is 27.4 Å². The summed E-state index contributed by atoms with van der Waals surface area (Å²) in [4.78, 5) is 24.7. The van der Waals surface area contributed by atoms with Gasteiger partial charge in [0.15, 0.2) is 5.78 Å². The molecular weight excluding hydrogens is 531 g/mol. The second-order valence-corrected chi connectivity index (χ2v) is 11.2. The van der Waals surface area contributed by atoms with Crippen molar-refractivity contribution in [3.05, 3.63) is 72.2 Å². The van der Waals surface area contributed by atoms with E-state index in [9.17, 15) is 35.2 Å². The van der Waals surface area contributed by atoms with E-state index in [4.69, 9.17) is 0 Å². The Kier molecular flexibility index (Phi) is 6.76. The molecule has 38 heavy (non-hydrogen) atoms. The summed E-state index contributed by atoms with van der Waals surface area (Å²) < 4.78 is 93.9. The van der Waals surface area contributed by atoms with Crippen LogP contribution in [0.15, 0.2) is 59.9 Å². The highest BCUT2D eigenvalue weighted by Crippen LogP contribution is 2.47. The fraction of sp³-hybridized carbons (Fsp3) is 0.360. The lowest BCUT2D eigenvalue weighted by Crippen LogP contribution is -2.52. The first-order chi connectivity index (χ1) is 17.9. The number of hydrogen-bond acceptors (Lipinski definition) is 6.